The molecule has 1 heteroatoms. The van der Waals surface area contributed by atoms with Crippen molar-refractivity contribution >= 4 is 0 Å². The molecule has 0 aliphatic carbocycles. The predicted molar refractivity (Wildman–Crippen MR) is 158 cm³/mol. The van der Waals surface area contributed by atoms with Gasteiger partial charge in [0.25, 0.3) is 0 Å². The van der Waals surface area contributed by atoms with Gasteiger partial charge in [0.1, 0.15) is 0 Å². The van der Waals surface area contributed by atoms with E-state index in [1.807, 2.05) is 36.4 Å². The van der Waals surface area contributed by atoms with Crippen LogP contribution in [0.2, 0.25) is 0 Å². The van der Waals surface area contributed by atoms with Gasteiger partial charge in [-0.15, -0.1) is 0 Å². The Morgan fingerprint density at radius 2 is 0.605 bits per heavy atom. The standard InChI is InChI=1S/C37H25N/c38-26-27-22-36(29-10-5-2-6-11-29)25-37(23-27)33-20-16-31(17-21-33)30-14-18-32(19-15-30)35-13-7-12-34(24-35)28-8-3-1-4-9-28/h1-25H. The highest BCUT2D eigenvalue weighted by atomic mass is 14.2. The van der Waals surface area contributed by atoms with Gasteiger partial charge in [-0.05, 0) is 79.9 Å². The molecule has 6 aromatic rings. The summed E-state index contributed by atoms with van der Waals surface area (Å²) in [6.07, 6.45) is 0. The first-order chi connectivity index (χ1) is 18.8. The molecule has 0 aliphatic heterocycles. The number of hydrogen-bond acceptors (Lipinski definition) is 1. The largest absolute Gasteiger partial charge is 0.192 e. The maximum absolute atomic E-state index is 9.60. The Kier molecular flexibility index (Phi) is 6.37. The van der Waals surface area contributed by atoms with Crippen molar-refractivity contribution in [2.24, 2.45) is 0 Å². The topological polar surface area (TPSA) is 23.8 Å². The van der Waals surface area contributed by atoms with Gasteiger partial charge in [0.15, 0.2) is 0 Å². The van der Waals surface area contributed by atoms with Gasteiger partial charge in [0, 0.05) is 0 Å². The Labute approximate surface area is 223 Å². The van der Waals surface area contributed by atoms with Crippen LogP contribution in [0.1, 0.15) is 5.56 Å². The maximum atomic E-state index is 9.60. The summed E-state index contributed by atoms with van der Waals surface area (Å²) in [7, 11) is 0. The van der Waals surface area contributed by atoms with Crippen molar-refractivity contribution in [1.29, 1.82) is 5.26 Å². The minimum Gasteiger partial charge on any atom is -0.192 e. The molecule has 0 N–H and O–H groups in total. The van der Waals surface area contributed by atoms with E-state index in [1.54, 1.807) is 0 Å². The molecule has 0 aliphatic rings. The first kappa shape index (κ1) is 23.2. The lowest BCUT2D eigenvalue weighted by atomic mass is 9.94. The van der Waals surface area contributed by atoms with E-state index in [2.05, 4.69) is 121 Å². The SMILES string of the molecule is N#Cc1cc(-c2ccccc2)cc(-c2ccc(-c3ccc(-c4cccc(-c5ccccc5)c4)cc3)cc2)c1. The van der Waals surface area contributed by atoms with Gasteiger partial charge in [-0.3, -0.25) is 0 Å². The fraction of sp³-hybridized carbons (Fsp3) is 0. The average molecular weight is 484 g/mol. The molecule has 0 aromatic heterocycles. The van der Waals surface area contributed by atoms with Crippen LogP contribution in [0.4, 0.5) is 0 Å². The van der Waals surface area contributed by atoms with Crippen LogP contribution in [0.5, 0.6) is 0 Å². The van der Waals surface area contributed by atoms with E-state index >= 15 is 0 Å². The van der Waals surface area contributed by atoms with Crippen molar-refractivity contribution < 1.29 is 0 Å². The minimum absolute atomic E-state index is 0.664. The molecule has 0 spiro atoms. The second-order valence-corrected chi connectivity index (χ2v) is 9.38. The van der Waals surface area contributed by atoms with E-state index in [0.717, 1.165) is 27.8 Å². The van der Waals surface area contributed by atoms with Gasteiger partial charge in [-0.25, -0.2) is 0 Å². The van der Waals surface area contributed by atoms with Crippen molar-refractivity contribution in [3.63, 3.8) is 0 Å². The first-order valence-electron chi connectivity index (χ1n) is 12.7. The minimum atomic E-state index is 0.664. The molecule has 0 fully saturated rings. The van der Waals surface area contributed by atoms with Crippen molar-refractivity contribution in [2.45, 2.75) is 0 Å². The molecule has 178 valence electrons. The normalized spacial score (nSPS) is 10.6. The van der Waals surface area contributed by atoms with Crippen molar-refractivity contribution in [3.8, 4) is 61.7 Å². The zero-order chi connectivity index (χ0) is 25.7. The molecule has 1 nitrogen and oxygen atoms in total. The molecule has 0 amide bonds. The molecule has 0 heterocycles. The molecule has 6 rings (SSSR count). The molecular weight excluding hydrogens is 458 g/mol. The lowest BCUT2D eigenvalue weighted by molar-refractivity contribution is 1.48. The van der Waals surface area contributed by atoms with Gasteiger partial charge >= 0.3 is 0 Å². The maximum Gasteiger partial charge on any atom is 0.0992 e. The number of hydrogen-bond donors (Lipinski definition) is 0. The van der Waals surface area contributed by atoms with Crippen molar-refractivity contribution in [1.82, 2.24) is 0 Å². The Morgan fingerprint density at radius 1 is 0.289 bits per heavy atom. The summed E-state index contributed by atoms with van der Waals surface area (Å²) in [6, 6.07) is 55.1. The van der Waals surface area contributed by atoms with Crippen LogP contribution in [0.15, 0.2) is 152 Å². The van der Waals surface area contributed by atoms with Crippen LogP contribution >= 0.6 is 0 Å². The number of benzene rings is 6. The van der Waals surface area contributed by atoms with Crippen LogP contribution in [0.25, 0.3) is 55.6 Å². The van der Waals surface area contributed by atoms with Gasteiger partial charge in [-0.2, -0.15) is 5.26 Å². The van der Waals surface area contributed by atoms with Crippen LogP contribution < -0.4 is 0 Å². The zero-order valence-electron chi connectivity index (χ0n) is 20.9. The van der Waals surface area contributed by atoms with E-state index in [4.69, 9.17) is 0 Å². The first-order valence-corrected chi connectivity index (χ1v) is 12.7. The molecule has 0 unspecified atom stereocenters. The predicted octanol–water partition coefficient (Wildman–Crippen LogP) is 9.89. The fourth-order valence-electron chi connectivity index (χ4n) is 4.88. The highest BCUT2D eigenvalue weighted by Gasteiger charge is 2.07. The second-order valence-electron chi connectivity index (χ2n) is 9.38. The summed E-state index contributed by atoms with van der Waals surface area (Å²) in [5.41, 5.74) is 12.2. The van der Waals surface area contributed by atoms with Gasteiger partial charge in [0.05, 0.1) is 11.6 Å². The average Bonchev–Trinajstić information content (AvgIpc) is 3.02. The van der Waals surface area contributed by atoms with Gasteiger partial charge < -0.3 is 0 Å². The molecule has 0 atom stereocenters. The smallest absolute Gasteiger partial charge is 0.0992 e. The van der Waals surface area contributed by atoms with Gasteiger partial charge in [-0.1, -0.05) is 127 Å². The molecule has 38 heavy (non-hydrogen) atoms. The van der Waals surface area contributed by atoms with Crippen molar-refractivity contribution in [2.75, 3.05) is 0 Å². The summed E-state index contributed by atoms with van der Waals surface area (Å²) >= 11 is 0. The van der Waals surface area contributed by atoms with Crippen LogP contribution in [0.3, 0.4) is 0 Å². The third-order valence-corrected chi connectivity index (χ3v) is 6.91. The third-order valence-electron chi connectivity index (χ3n) is 6.91. The molecule has 6 aromatic carbocycles. The number of rotatable bonds is 5. The lowest BCUT2D eigenvalue weighted by Gasteiger charge is -2.10. The molecule has 0 saturated carbocycles. The number of nitriles is 1. The van der Waals surface area contributed by atoms with Crippen LogP contribution in [0, 0.1) is 11.3 Å². The van der Waals surface area contributed by atoms with Crippen LogP contribution in [-0.4, -0.2) is 0 Å². The Bertz CT molecular complexity index is 1720. The van der Waals surface area contributed by atoms with Crippen molar-refractivity contribution in [3.05, 3.63) is 157 Å². The van der Waals surface area contributed by atoms with E-state index in [-0.39, 0.29) is 0 Å². The van der Waals surface area contributed by atoms with E-state index in [1.165, 1.54) is 27.8 Å². The summed E-state index contributed by atoms with van der Waals surface area (Å²) in [5, 5.41) is 9.60. The zero-order valence-corrected chi connectivity index (χ0v) is 20.9. The summed E-state index contributed by atoms with van der Waals surface area (Å²) in [6.45, 7) is 0. The molecule has 0 bridgehead atoms. The fourth-order valence-corrected chi connectivity index (χ4v) is 4.88. The molecular formula is C37H25N. The highest BCUT2D eigenvalue weighted by Crippen LogP contribution is 2.32. The summed E-state index contributed by atoms with van der Waals surface area (Å²) in [5.74, 6) is 0. The van der Waals surface area contributed by atoms with E-state index < -0.39 is 0 Å². The third kappa shape index (κ3) is 4.89. The van der Waals surface area contributed by atoms with E-state index in [9.17, 15) is 5.26 Å². The monoisotopic (exact) mass is 483 g/mol. The Balaban J connectivity index is 1.26. The lowest BCUT2D eigenvalue weighted by Crippen LogP contribution is -1.86. The van der Waals surface area contributed by atoms with E-state index in [0.29, 0.717) is 5.56 Å². The number of nitrogens with zero attached hydrogens (tertiary/aromatic N) is 1. The van der Waals surface area contributed by atoms with Gasteiger partial charge in [0.2, 0.25) is 0 Å². The van der Waals surface area contributed by atoms with Crippen LogP contribution in [-0.2, 0) is 0 Å². The Hall–Kier alpha value is -5.19. The Morgan fingerprint density at radius 3 is 1.05 bits per heavy atom. The summed E-state index contributed by atoms with van der Waals surface area (Å²) < 4.78 is 0. The highest BCUT2D eigenvalue weighted by molar-refractivity contribution is 5.78. The summed E-state index contributed by atoms with van der Waals surface area (Å²) in [4.78, 5) is 0. The molecule has 0 saturated heterocycles. The molecule has 0 radical (unpaired) electrons. The second kappa shape index (κ2) is 10.4. The quantitative estimate of drug-likeness (QED) is 0.239.